The first-order chi connectivity index (χ1) is 35.6. The van der Waals surface area contributed by atoms with Crippen LogP contribution in [-0.4, -0.2) is 62.4 Å². The molecular weight excluding hydrogens is 947 g/mol. The summed E-state index contributed by atoms with van der Waals surface area (Å²) in [7, 11) is -4.57. The summed E-state index contributed by atoms with van der Waals surface area (Å²) in [5.74, 6) is 1.53. The largest absolute Gasteiger partial charge is 0.465 e. The van der Waals surface area contributed by atoms with Crippen LogP contribution < -0.4 is 15.3 Å². The lowest BCUT2D eigenvalue weighted by Crippen LogP contribution is -2.46. The highest BCUT2D eigenvalue weighted by Gasteiger charge is 2.53. The molecule has 5 rings (SSSR count). The Morgan fingerprint density at radius 3 is 1.90 bits per heavy atom. The first-order valence-electron chi connectivity index (χ1n) is 27.6. The summed E-state index contributed by atoms with van der Waals surface area (Å²) in [5, 5.41) is 2.90. The van der Waals surface area contributed by atoms with Gasteiger partial charge in [-0.3, -0.25) is 18.7 Å². The van der Waals surface area contributed by atoms with Crippen LogP contribution in [0.3, 0.4) is 0 Å². The highest BCUT2D eigenvalue weighted by atomic mass is 31.2. The van der Waals surface area contributed by atoms with Gasteiger partial charge in [0.1, 0.15) is 30.7 Å². The van der Waals surface area contributed by atoms with Gasteiger partial charge in [0, 0.05) is 12.8 Å². The number of terminal acetylenes is 1. The van der Waals surface area contributed by atoms with Crippen molar-refractivity contribution in [1.29, 1.82) is 0 Å². The first-order valence-corrected chi connectivity index (χ1v) is 29.1. The highest BCUT2D eigenvalue weighted by molar-refractivity contribution is 7.52. The van der Waals surface area contributed by atoms with E-state index in [4.69, 9.17) is 35.4 Å². The van der Waals surface area contributed by atoms with Crippen molar-refractivity contribution in [2.45, 2.75) is 218 Å². The second-order valence-corrected chi connectivity index (χ2v) is 21.3. The van der Waals surface area contributed by atoms with Crippen LogP contribution in [-0.2, 0) is 39.3 Å². The molecular formula is C57H84FN6O8P. The van der Waals surface area contributed by atoms with Crippen molar-refractivity contribution in [3.63, 3.8) is 0 Å². The van der Waals surface area contributed by atoms with Gasteiger partial charge in [-0.1, -0.05) is 216 Å². The van der Waals surface area contributed by atoms with E-state index < -0.39 is 56.3 Å². The second-order valence-electron chi connectivity index (χ2n) is 19.6. The lowest BCUT2D eigenvalue weighted by Gasteiger charge is -2.31. The van der Waals surface area contributed by atoms with Gasteiger partial charge in [-0.2, -0.15) is 19.4 Å². The fourth-order valence-corrected chi connectivity index (χ4v) is 10.8. The number of hydrogen-bond acceptors (Lipinski definition) is 12. The number of benzene rings is 2. The summed E-state index contributed by atoms with van der Waals surface area (Å²) in [5.41, 5.74) is 5.07. The number of anilines is 1. The quantitative estimate of drug-likeness (QED) is 0.0142. The van der Waals surface area contributed by atoms with Crippen LogP contribution >= 0.6 is 7.75 Å². The van der Waals surface area contributed by atoms with Crippen LogP contribution in [0.1, 0.15) is 199 Å². The van der Waals surface area contributed by atoms with Gasteiger partial charge < -0.3 is 24.5 Å². The Kier molecular flexibility index (Phi) is 26.8. The summed E-state index contributed by atoms with van der Waals surface area (Å²) in [6, 6.07) is 16.5. The van der Waals surface area contributed by atoms with Crippen LogP contribution in [0, 0.1) is 18.4 Å². The normalized spacial score (nSPS) is 17.8. The van der Waals surface area contributed by atoms with Crippen molar-refractivity contribution in [2.24, 2.45) is 0 Å². The van der Waals surface area contributed by atoms with E-state index in [1.807, 2.05) is 30.3 Å². The molecule has 4 aromatic rings. The summed E-state index contributed by atoms with van der Waals surface area (Å²) in [6.07, 6.45) is 34.0. The molecule has 2 aromatic carbocycles. The third kappa shape index (κ3) is 20.8. The molecule has 5 atom stereocenters. The van der Waals surface area contributed by atoms with Crippen LogP contribution in [0.25, 0.3) is 11.2 Å². The van der Waals surface area contributed by atoms with Gasteiger partial charge >= 0.3 is 25.8 Å². The lowest BCUT2D eigenvalue weighted by atomic mass is 9.98. The number of aromatic nitrogens is 4. The minimum atomic E-state index is -4.57. The average molecular weight is 1030 g/mol. The maximum atomic E-state index is 15.2. The Labute approximate surface area is 434 Å². The van der Waals surface area contributed by atoms with E-state index in [1.165, 1.54) is 120 Å². The molecule has 2 aromatic heterocycles. The van der Waals surface area contributed by atoms with E-state index in [0.29, 0.717) is 12.8 Å². The third-order valence-electron chi connectivity index (χ3n) is 13.6. The van der Waals surface area contributed by atoms with Crippen molar-refractivity contribution >= 4 is 36.7 Å². The van der Waals surface area contributed by atoms with Crippen LogP contribution in [0.5, 0.6) is 5.75 Å². The molecule has 0 unspecified atom stereocenters. The summed E-state index contributed by atoms with van der Waals surface area (Å²) in [4.78, 5) is 39.4. The van der Waals surface area contributed by atoms with Crippen LogP contribution in [0.4, 0.5) is 10.2 Å². The minimum Gasteiger partial charge on any atom is -0.465 e. The number of rotatable bonds is 39. The number of para-hydroxylation sites is 1. The number of imidazole rings is 1. The molecule has 3 N–H and O–H groups in total. The maximum absolute atomic E-state index is 15.2. The number of halogens is 1. The summed E-state index contributed by atoms with van der Waals surface area (Å²) >= 11 is 0. The zero-order valence-corrected chi connectivity index (χ0v) is 44.7. The van der Waals surface area contributed by atoms with Crippen molar-refractivity contribution in [1.82, 2.24) is 24.6 Å². The van der Waals surface area contributed by atoms with E-state index in [0.717, 1.165) is 44.1 Å². The van der Waals surface area contributed by atoms with Gasteiger partial charge in [-0.15, -0.1) is 6.42 Å². The molecule has 16 heteroatoms. The fraction of sp³-hybridized carbons (Fsp3) is 0.632. The number of fused-ring (bicyclic) bond motifs is 1. The standard InChI is InChI=1S/C57H84FN6O8P/c1-4-7-9-11-13-15-16-17-18-19-20-21-22-23-24-26-34-40-51(65)70-49-43-50(64-45-60-52-53(59)61-56(58)62-54(52)64)71-57(49,6-3)44-69-73(67,72-47-38-32-29-33-39-47)63-48(42-46-36-30-28-31-37-46)55(66)68-41-35-27-25-14-12-10-8-5-2/h3,28-33,36-39,45,48-50H,4-5,7-27,34-35,40-44H2,1-2H3,(H,63,67)(H2,59,61,62)/t48-,49-,50+,57+,73-/m0/s1. The second kappa shape index (κ2) is 33.1. The number of carbonyl (C=O) groups is 2. The molecule has 14 nitrogen and oxygen atoms in total. The first kappa shape index (κ1) is 59.0. The number of hydrogen-bond donors (Lipinski definition) is 2. The van der Waals surface area contributed by atoms with Crippen molar-refractivity contribution in [3.8, 4) is 18.1 Å². The molecule has 73 heavy (non-hydrogen) atoms. The molecule has 0 spiro atoms. The average Bonchev–Trinajstić information content (AvgIpc) is 3.98. The predicted molar refractivity (Wildman–Crippen MR) is 286 cm³/mol. The minimum absolute atomic E-state index is 0.0334. The Bertz CT molecular complexity index is 2280. The van der Waals surface area contributed by atoms with Gasteiger partial charge in [0.15, 0.2) is 22.6 Å². The van der Waals surface area contributed by atoms with E-state index in [-0.39, 0.29) is 48.6 Å². The number of unbranched alkanes of at least 4 members (excludes halogenated alkanes) is 23. The number of ether oxygens (including phenoxy) is 3. The van der Waals surface area contributed by atoms with Crippen molar-refractivity contribution in [2.75, 3.05) is 18.9 Å². The van der Waals surface area contributed by atoms with E-state index in [1.54, 1.807) is 30.3 Å². The molecule has 0 aliphatic carbocycles. The van der Waals surface area contributed by atoms with Gasteiger partial charge in [0.25, 0.3) is 0 Å². The molecule has 3 heterocycles. The number of nitrogens with two attached hydrogens (primary N) is 1. The van der Waals surface area contributed by atoms with Gasteiger partial charge in [-0.25, -0.2) is 9.55 Å². The number of carbonyl (C=O) groups excluding carboxylic acids is 2. The Hall–Kier alpha value is -4.87. The third-order valence-corrected chi connectivity index (χ3v) is 15.1. The number of nitrogen functional groups attached to an aromatic ring is 1. The molecule has 1 aliphatic heterocycles. The molecule has 0 saturated carbocycles. The zero-order valence-electron chi connectivity index (χ0n) is 43.8. The molecule has 0 bridgehead atoms. The molecule has 1 fully saturated rings. The van der Waals surface area contributed by atoms with Crippen LogP contribution in [0.2, 0.25) is 0 Å². The summed E-state index contributed by atoms with van der Waals surface area (Å²) in [6.45, 7) is 4.02. The molecule has 1 aliphatic rings. The Balaban J connectivity index is 1.24. The highest BCUT2D eigenvalue weighted by Crippen LogP contribution is 2.49. The summed E-state index contributed by atoms with van der Waals surface area (Å²) < 4.78 is 62.1. The maximum Gasteiger partial charge on any atom is 0.459 e. The predicted octanol–water partition coefficient (Wildman–Crippen LogP) is 13.9. The molecule has 402 valence electrons. The van der Waals surface area contributed by atoms with Gasteiger partial charge in [0.05, 0.1) is 12.9 Å². The van der Waals surface area contributed by atoms with Gasteiger partial charge in [0.2, 0.25) is 0 Å². The SMILES string of the molecule is C#C[C@]1(CO[P@@](=O)(N[C@@H](Cc2ccccc2)C(=O)OCCCCCCCCCC)Oc2ccccc2)O[C@@H](n2cnc3c(N)nc(F)nc32)C[C@@H]1OC(=O)CCCCCCCCCCCCCCCCCCC. The smallest absolute Gasteiger partial charge is 0.459 e. The van der Waals surface area contributed by atoms with Gasteiger partial charge in [-0.05, 0) is 37.0 Å². The number of esters is 2. The molecule has 0 amide bonds. The van der Waals surface area contributed by atoms with Crippen molar-refractivity contribution in [3.05, 3.63) is 78.6 Å². The monoisotopic (exact) mass is 1030 g/mol. The fourth-order valence-electron chi connectivity index (χ4n) is 9.31. The lowest BCUT2D eigenvalue weighted by molar-refractivity contribution is -0.158. The zero-order chi connectivity index (χ0) is 52.0. The molecule has 1 saturated heterocycles. The van der Waals surface area contributed by atoms with E-state index >= 15 is 4.57 Å². The van der Waals surface area contributed by atoms with Crippen LogP contribution in [0.15, 0.2) is 67.0 Å². The number of nitrogens with zero attached hydrogens (tertiary/aromatic N) is 4. The Morgan fingerprint density at radius 1 is 0.808 bits per heavy atom. The molecule has 0 radical (unpaired) electrons. The Morgan fingerprint density at radius 2 is 1.34 bits per heavy atom. The van der Waals surface area contributed by atoms with Crippen molar-refractivity contribution < 1.29 is 41.8 Å². The topological polar surface area (TPSA) is 179 Å². The van der Waals surface area contributed by atoms with E-state index in [9.17, 15) is 14.0 Å². The van der Waals surface area contributed by atoms with E-state index in [2.05, 4.69) is 39.8 Å². The number of nitrogens with one attached hydrogen (secondary N) is 1.